The van der Waals surface area contributed by atoms with Gasteiger partial charge >= 0.3 is 5.97 Å². The Morgan fingerprint density at radius 3 is 2.35 bits per heavy atom. The summed E-state index contributed by atoms with van der Waals surface area (Å²) in [6.45, 7) is 0. The lowest BCUT2D eigenvalue weighted by Crippen LogP contribution is -2.15. The Kier molecular flexibility index (Phi) is 4.35. The van der Waals surface area contributed by atoms with Crippen molar-refractivity contribution in [2.45, 2.75) is 61.0 Å². The van der Waals surface area contributed by atoms with Crippen molar-refractivity contribution < 1.29 is 9.90 Å². The smallest absolute Gasteiger partial charge is 0.310 e. The number of hydrogen-bond donors (Lipinski definition) is 1. The first-order valence-corrected chi connectivity index (χ1v) is 8.60. The summed E-state index contributed by atoms with van der Waals surface area (Å²) in [5.41, 5.74) is 0.976. The predicted molar refractivity (Wildman–Crippen MR) is 82.3 cm³/mol. The van der Waals surface area contributed by atoms with Gasteiger partial charge in [-0.15, -0.1) is 11.8 Å². The summed E-state index contributed by atoms with van der Waals surface area (Å²) < 4.78 is 0. The minimum absolute atomic E-state index is 0.321. The van der Waals surface area contributed by atoms with E-state index in [9.17, 15) is 9.90 Å². The van der Waals surface area contributed by atoms with E-state index in [0.29, 0.717) is 5.92 Å². The summed E-state index contributed by atoms with van der Waals surface area (Å²) in [5, 5.41) is 10.3. The van der Waals surface area contributed by atoms with Gasteiger partial charge < -0.3 is 5.11 Å². The van der Waals surface area contributed by atoms with Crippen LogP contribution in [0.2, 0.25) is 0 Å². The minimum atomic E-state index is -0.667. The van der Waals surface area contributed by atoms with Gasteiger partial charge in [0.2, 0.25) is 0 Å². The van der Waals surface area contributed by atoms with Crippen LogP contribution >= 0.6 is 11.8 Å². The first-order valence-electron chi connectivity index (χ1n) is 7.72. The lowest BCUT2D eigenvalue weighted by molar-refractivity contribution is -0.139. The number of benzene rings is 1. The summed E-state index contributed by atoms with van der Waals surface area (Å²) in [4.78, 5) is 12.8. The van der Waals surface area contributed by atoms with Gasteiger partial charge in [0.15, 0.2) is 0 Å². The first kappa shape index (κ1) is 14.0. The van der Waals surface area contributed by atoms with Gasteiger partial charge in [-0.1, -0.05) is 37.8 Å². The zero-order valence-corrected chi connectivity index (χ0v) is 12.6. The number of thioether (sulfide) groups is 1. The fourth-order valence-electron chi connectivity index (χ4n) is 3.12. The standard InChI is InChI=1S/C17H22O2S/c18-17(19)16(11-12-3-1-2-4-12)13-5-7-14(8-6-13)20-15-9-10-15/h5-8,12,15-16H,1-4,9-11H2,(H,18,19)/t16-/m1/s1. The molecule has 0 unspecified atom stereocenters. The van der Waals surface area contributed by atoms with Gasteiger partial charge in [0, 0.05) is 10.1 Å². The van der Waals surface area contributed by atoms with E-state index < -0.39 is 5.97 Å². The monoisotopic (exact) mass is 290 g/mol. The van der Waals surface area contributed by atoms with E-state index in [-0.39, 0.29) is 5.92 Å². The Hall–Kier alpha value is -0.960. The van der Waals surface area contributed by atoms with Gasteiger partial charge in [-0.2, -0.15) is 0 Å². The Morgan fingerprint density at radius 1 is 1.15 bits per heavy atom. The lowest BCUT2D eigenvalue weighted by atomic mass is 9.88. The van der Waals surface area contributed by atoms with Crippen LogP contribution < -0.4 is 0 Å². The Bertz CT molecular complexity index is 458. The van der Waals surface area contributed by atoms with Crippen molar-refractivity contribution >= 4 is 17.7 Å². The molecule has 2 saturated carbocycles. The topological polar surface area (TPSA) is 37.3 Å². The van der Waals surface area contributed by atoms with E-state index in [1.54, 1.807) is 0 Å². The molecule has 3 rings (SSSR count). The van der Waals surface area contributed by atoms with Crippen molar-refractivity contribution in [2.24, 2.45) is 5.92 Å². The van der Waals surface area contributed by atoms with Crippen molar-refractivity contribution in [3.63, 3.8) is 0 Å². The molecule has 2 nitrogen and oxygen atoms in total. The minimum Gasteiger partial charge on any atom is -0.481 e. The van der Waals surface area contributed by atoms with Crippen LogP contribution in [0.3, 0.4) is 0 Å². The third-order valence-electron chi connectivity index (χ3n) is 4.45. The zero-order chi connectivity index (χ0) is 13.9. The Morgan fingerprint density at radius 2 is 1.80 bits per heavy atom. The average Bonchev–Trinajstić information content (AvgIpc) is 3.10. The largest absolute Gasteiger partial charge is 0.481 e. The molecule has 0 bridgehead atoms. The number of carboxylic acids is 1. The molecular formula is C17H22O2S. The van der Waals surface area contributed by atoms with Crippen molar-refractivity contribution in [1.82, 2.24) is 0 Å². The summed E-state index contributed by atoms with van der Waals surface area (Å²) in [7, 11) is 0. The maximum atomic E-state index is 11.6. The van der Waals surface area contributed by atoms with Crippen molar-refractivity contribution in [3.8, 4) is 0 Å². The zero-order valence-electron chi connectivity index (χ0n) is 11.8. The molecule has 1 aromatic carbocycles. The molecule has 2 aliphatic rings. The van der Waals surface area contributed by atoms with E-state index in [0.717, 1.165) is 17.2 Å². The highest BCUT2D eigenvalue weighted by Gasteiger charge is 2.27. The van der Waals surface area contributed by atoms with Crippen LogP contribution in [0.1, 0.15) is 56.4 Å². The lowest BCUT2D eigenvalue weighted by Gasteiger charge is -2.17. The van der Waals surface area contributed by atoms with Gasteiger partial charge in [0.05, 0.1) is 5.92 Å². The molecule has 0 radical (unpaired) electrons. The third-order valence-corrected chi connectivity index (χ3v) is 5.80. The van der Waals surface area contributed by atoms with E-state index in [1.807, 2.05) is 23.9 Å². The van der Waals surface area contributed by atoms with Crippen LogP contribution in [0.25, 0.3) is 0 Å². The molecule has 108 valence electrons. The molecule has 1 atom stereocenters. The van der Waals surface area contributed by atoms with Crippen LogP contribution in [-0.2, 0) is 4.79 Å². The number of aliphatic carboxylic acids is 1. The summed E-state index contributed by atoms with van der Waals surface area (Å²) >= 11 is 1.92. The second kappa shape index (κ2) is 6.21. The summed E-state index contributed by atoms with van der Waals surface area (Å²) in [5.74, 6) is -0.380. The predicted octanol–water partition coefficient (Wildman–Crippen LogP) is 4.69. The van der Waals surface area contributed by atoms with E-state index in [1.165, 1.54) is 43.4 Å². The molecular weight excluding hydrogens is 268 g/mol. The fraction of sp³-hybridized carbons (Fsp3) is 0.588. The van der Waals surface area contributed by atoms with E-state index in [2.05, 4.69) is 12.1 Å². The maximum absolute atomic E-state index is 11.6. The fourth-order valence-corrected chi connectivity index (χ4v) is 4.17. The Labute approximate surface area is 125 Å². The number of hydrogen-bond acceptors (Lipinski definition) is 2. The van der Waals surface area contributed by atoms with Crippen LogP contribution in [0, 0.1) is 5.92 Å². The van der Waals surface area contributed by atoms with Gasteiger partial charge in [-0.3, -0.25) is 4.79 Å². The summed E-state index contributed by atoms with van der Waals surface area (Å²) in [6.07, 6.45) is 8.42. The first-order chi connectivity index (χ1) is 9.72. The average molecular weight is 290 g/mol. The quantitative estimate of drug-likeness (QED) is 0.826. The molecule has 20 heavy (non-hydrogen) atoms. The molecule has 0 saturated heterocycles. The van der Waals surface area contributed by atoms with Crippen molar-refractivity contribution in [3.05, 3.63) is 29.8 Å². The number of carboxylic acid groups (broad SMARTS) is 1. The van der Waals surface area contributed by atoms with Gasteiger partial charge in [0.1, 0.15) is 0 Å². The van der Waals surface area contributed by atoms with Crippen molar-refractivity contribution in [1.29, 1.82) is 0 Å². The highest BCUT2D eigenvalue weighted by atomic mass is 32.2. The SMILES string of the molecule is O=C(O)[C@H](CC1CCCC1)c1ccc(SC2CC2)cc1. The van der Waals surface area contributed by atoms with Crippen LogP contribution in [-0.4, -0.2) is 16.3 Å². The number of carbonyl (C=O) groups is 1. The molecule has 0 amide bonds. The number of rotatable bonds is 6. The maximum Gasteiger partial charge on any atom is 0.310 e. The second-order valence-corrected chi connectivity index (χ2v) is 7.54. The molecule has 1 aromatic rings. The molecule has 0 heterocycles. The van der Waals surface area contributed by atoms with E-state index in [4.69, 9.17) is 0 Å². The highest BCUT2D eigenvalue weighted by Crippen LogP contribution is 2.40. The normalized spacial score (nSPS) is 21.0. The molecule has 0 aliphatic heterocycles. The van der Waals surface area contributed by atoms with Gasteiger partial charge in [0.25, 0.3) is 0 Å². The Balaban J connectivity index is 1.67. The highest BCUT2D eigenvalue weighted by molar-refractivity contribution is 8.00. The molecule has 2 fully saturated rings. The summed E-state index contributed by atoms with van der Waals surface area (Å²) in [6, 6.07) is 8.25. The third kappa shape index (κ3) is 3.57. The molecule has 1 N–H and O–H groups in total. The van der Waals surface area contributed by atoms with E-state index >= 15 is 0 Å². The molecule has 0 aromatic heterocycles. The van der Waals surface area contributed by atoms with Crippen LogP contribution in [0.5, 0.6) is 0 Å². The van der Waals surface area contributed by atoms with Gasteiger partial charge in [-0.25, -0.2) is 0 Å². The molecule has 0 spiro atoms. The van der Waals surface area contributed by atoms with Crippen molar-refractivity contribution in [2.75, 3.05) is 0 Å². The van der Waals surface area contributed by atoms with Crippen LogP contribution in [0.15, 0.2) is 29.2 Å². The molecule has 3 heteroatoms. The second-order valence-electron chi connectivity index (χ2n) is 6.16. The van der Waals surface area contributed by atoms with Crippen LogP contribution in [0.4, 0.5) is 0 Å². The molecule has 2 aliphatic carbocycles. The van der Waals surface area contributed by atoms with Gasteiger partial charge in [-0.05, 0) is 42.9 Å².